The second kappa shape index (κ2) is 12.9. The van der Waals surface area contributed by atoms with Gasteiger partial charge in [-0.15, -0.1) is 0 Å². The Balaban J connectivity index is 1.30. The van der Waals surface area contributed by atoms with Crippen molar-refractivity contribution in [3.05, 3.63) is 187 Å². The Labute approximate surface area is 347 Å². The second-order valence-corrected chi connectivity index (χ2v) is 18.5. The fourth-order valence-corrected chi connectivity index (χ4v) is 9.88. The van der Waals surface area contributed by atoms with Gasteiger partial charge in [0.1, 0.15) is 0 Å². The molecule has 0 saturated carbocycles. The Hall–Kier alpha value is -6.70. The molecular formula is C58H47N. The molecule has 0 fully saturated rings. The van der Waals surface area contributed by atoms with Gasteiger partial charge in [0, 0.05) is 16.5 Å². The van der Waals surface area contributed by atoms with Crippen LogP contribution in [0.15, 0.2) is 176 Å². The molecule has 1 aromatic heterocycles. The van der Waals surface area contributed by atoms with Gasteiger partial charge in [-0.25, -0.2) is 0 Å². The molecule has 1 aliphatic rings. The van der Waals surface area contributed by atoms with E-state index >= 15 is 0 Å². The Morgan fingerprint density at radius 1 is 0.322 bits per heavy atom. The summed E-state index contributed by atoms with van der Waals surface area (Å²) in [6.07, 6.45) is 0. The molecule has 11 rings (SSSR count). The number of fused-ring (bicyclic) bond motifs is 8. The van der Waals surface area contributed by atoms with E-state index in [4.69, 9.17) is 0 Å². The maximum absolute atomic E-state index is 2.52. The summed E-state index contributed by atoms with van der Waals surface area (Å²) < 4.78 is 2.50. The molecule has 0 spiro atoms. The van der Waals surface area contributed by atoms with Crippen LogP contribution < -0.4 is 0 Å². The lowest BCUT2D eigenvalue weighted by molar-refractivity contribution is 0.569. The van der Waals surface area contributed by atoms with Crippen molar-refractivity contribution in [3.8, 4) is 61.3 Å². The van der Waals surface area contributed by atoms with Crippen LogP contribution in [0.1, 0.15) is 52.7 Å². The highest BCUT2D eigenvalue weighted by atomic mass is 15.0. The number of hydrogen-bond acceptors (Lipinski definition) is 0. The number of hydrogen-bond donors (Lipinski definition) is 0. The zero-order chi connectivity index (χ0) is 40.2. The van der Waals surface area contributed by atoms with Gasteiger partial charge >= 0.3 is 0 Å². The number of nitrogens with zero attached hydrogens (tertiary/aromatic N) is 1. The fourth-order valence-electron chi connectivity index (χ4n) is 9.88. The van der Waals surface area contributed by atoms with Gasteiger partial charge in [-0.1, -0.05) is 187 Å². The van der Waals surface area contributed by atoms with E-state index in [1.54, 1.807) is 0 Å². The topological polar surface area (TPSA) is 4.93 Å². The summed E-state index contributed by atoms with van der Waals surface area (Å²) in [5, 5.41) is 7.76. The Bertz CT molecular complexity index is 3260. The van der Waals surface area contributed by atoms with Gasteiger partial charge in [0.15, 0.2) is 0 Å². The first kappa shape index (κ1) is 35.5. The molecule has 59 heavy (non-hydrogen) atoms. The first-order valence-electron chi connectivity index (χ1n) is 21.0. The van der Waals surface area contributed by atoms with Gasteiger partial charge < -0.3 is 4.57 Å². The third-order valence-corrected chi connectivity index (χ3v) is 12.8. The SMILES string of the molecule is CC(C)(C)c1cc(-c2ccc3c(c2)c2c4cccc5c4c(cc2n3-c2ccccc2)-c2c-5c(-c3ccccc3)c3ccccc3c2-c2ccccc2)cc(C(C)(C)C)c1. The third kappa shape index (κ3) is 5.45. The van der Waals surface area contributed by atoms with E-state index in [0.29, 0.717) is 0 Å². The summed E-state index contributed by atoms with van der Waals surface area (Å²) in [5.74, 6) is 0. The first-order valence-corrected chi connectivity index (χ1v) is 21.0. The molecule has 0 amide bonds. The van der Waals surface area contributed by atoms with Crippen molar-refractivity contribution >= 4 is 43.4 Å². The Morgan fingerprint density at radius 3 is 1.42 bits per heavy atom. The van der Waals surface area contributed by atoms with E-state index in [1.165, 1.54) is 110 Å². The molecule has 1 heteroatoms. The van der Waals surface area contributed by atoms with Crippen LogP contribution >= 0.6 is 0 Å². The minimum atomic E-state index is 0.0265. The molecule has 1 heterocycles. The standard InChI is InChI=1S/C58H47N/c1-57(2,3)40-31-39(32-41(34-40)58(4,5)6)38-29-30-49-47(33-38)54-45-27-18-28-46-53(45)48(35-50(54)59(49)42-23-14-9-15-24-42)56-52(37-21-12-8-13-22-37)44-26-17-16-25-43(44)51(55(46)56)36-19-10-7-11-20-36/h7-35H,1-6H3. The van der Waals surface area contributed by atoms with Crippen molar-refractivity contribution in [2.75, 3.05) is 0 Å². The zero-order valence-electron chi connectivity index (χ0n) is 34.7. The van der Waals surface area contributed by atoms with Gasteiger partial charge in [-0.2, -0.15) is 0 Å². The van der Waals surface area contributed by atoms with Crippen molar-refractivity contribution in [2.24, 2.45) is 0 Å². The van der Waals surface area contributed by atoms with Crippen LogP contribution in [-0.4, -0.2) is 4.57 Å². The predicted molar refractivity (Wildman–Crippen MR) is 254 cm³/mol. The van der Waals surface area contributed by atoms with Gasteiger partial charge in [0.25, 0.3) is 0 Å². The molecule has 284 valence electrons. The molecular weight excluding hydrogens is 711 g/mol. The highest BCUT2D eigenvalue weighted by Crippen LogP contribution is 2.59. The average Bonchev–Trinajstić information content (AvgIpc) is 3.76. The van der Waals surface area contributed by atoms with E-state index in [1.807, 2.05) is 0 Å². The van der Waals surface area contributed by atoms with E-state index < -0.39 is 0 Å². The fraction of sp³-hybridized carbons (Fsp3) is 0.138. The third-order valence-electron chi connectivity index (χ3n) is 12.8. The van der Waals surface area contributed by atoms with Crippen LogP contribution in [0.25, 0.3) is 105 Å². The van der Waals surface area contributed by atoms with E-state index in [-0.39, 0.29) is 10.8 Å². The smallest absolute Gasteiger partial charge is 0.0553 e. The van der Waals surface area contributed by atoms with Crippen molar-refractivity contribution in [1.29, 1.82) is 0 Å². The highest BCUT2D eigenvalue weighted by molar-refractivity contribution is 6.34. The largest absolute Gasteiger partial charge is 0.309 e. The predicted octanol–water partition coefficient (Wildman–Crippen LogP) is 16.3. The van der Waals surface area contributed by atoms with Gasteiger partial charge in [0.05, 0.1) is 11.0 Å². The maximum Gasteiger partial charge on any atom is 0.0553 e. The lowest BCUT2D eigenvalue weighted by atomic mass is 9.79. The van der Waals surface area contributed by atoms with E-state index in [9.17, 15) is 0 Å². The van der Waals surface area contributed by atoms with Crippen LogP contribution in [-0.2, 0) is 10.8 Å². The van der Waals surface area contributed by atoms with Crippen molar-refractivity contribution in [1.82, 2.24) is 4.57 Å². The molecule has 0 bridgehead atoms. The molecule has 1 nitrogen and oxygen atoms in total. The van der Waals surface area contributed by atoms with Crippen LogP contribution in [0.4, 0.5) is 0 Å². The highest BCUT2D eigenvalue weighted by Gasteiger charge is 2.32. The quantitative estimate of drug-likeness (QED) is 0.168. The number of rotatable bonds is 4. The summed E-state index contributed by atoms with van der Waals surface area (Å²) in [6, 6.07) is 66.0. The summed E-state index contributed by atoms with van der Waals surface area (Å²) in [4.78, 5) is 0. The van der Waals surface area contributed by atoms with Crippen molar-refractivity contribution < 1.29 is 0 Å². The van der Waals surface area contributed by atoms with E-state index in [0.717, 1.165) is 5.69 Å². The Kier molecular flexibility index (Phi) is 7.75. The minimum Gasteiger partial charge on any atom is -0.309 e. The summed E-state index contributed by atoms with van der Waals surface area (Å²) in [7, 11) is 0. The van der Waals surface area contributed by atoms with Crippen LogP contribution in [0.2, 0.25) is 0 Å². The molecule has 0 N–H and O–H groups in total. The average molecular weight is 758 g/mol. The molecule has 9 aromatic carbocycles. The summed E-state index contributed by atoms with van der Waals surface area (Å²) in [5.41, 5.74) is 19.2. The summed E-state index contributed by atoms with van der Waals surface area (Å²) >= 11 is 0. The molecule has 10 aromatic rings. The number of para-hydroxylation sites is 1. The van der Waals surface area contributed by atoms with Crippen LogP contribution in [0.5, 0.6) is 0 Å². The van der Waals surface area contributed by atoms with Crippen LogP contribution in [0.3, 0.4) is 0 Å². The van der Waals surface area contributed by atoms with Gasteiger partial charge in [0.2, 0.25) is 0 Å². The molecule has 1 aliphatic carbocycles. The van der Waals surface area contributed by atoms with Gasteiger partial charge in [-0.05, 0) is 129 Å². The molecule has 0 atom stereocenters. The van der Waals surface area contributed by atoms with Crippen LogP contribution in [0, 0.1) is 0 Å². The normalized spacial score (nSPS) is 12.6. The molecule has 0 unspecified atom stereocenters. The van der Waals surface area contributed by atoms with E-state index in [2.05, 4.69) is 222 Å². The lowest BCUT2D eigenvalue weighted by Gasteiger charge is -2.26. The monoisotopic (exact) mass is 757 g/mol. The lowest BCUT2D eigenvalue weighted by Crippen LogP contribution is -2.16. The molecule has 0 aliphatic heterocycles. The molecule has 0 radical (unpaired) electrons. The molecule has 0 saturated heterocycles. The minimum absolute atomic E-state index is 0.0265. The Morgan fingerprint density at radius 2 is 0.847 bits per heavy atom. The van der Waals surface area contributed by atoms with Crippen molar-refractivity contribution in [3.63, 3.8) is 0 Å². The first-order chi connectivity index (χ1) is 28.6. The zero-order valence-corrected chi connectivity index (χ0v) is 34.7. The van der Waals surface area contributed by atoms with Gasteiger partial charge in [-0.3, -0.25) is 0 Å². The van der Waals surface area contributed by atoms with Crippen molar-refractivity contribution in [2.45, 2.75) is 52.4 Å². The maximum atomic E-state index is 2.52. The summed E-state index contributed by atoms with van der Waals surface area (Å²) in [6.45, 7) is 13.9. The number of aromatic nitrogens is 1. The number of benzene rings is 9. The second-order valence-electron chi connectivity index (χ2n) is 18.5.